The average Bonchev–Trinajstić information content (AvgIpc) is 2.74. The molecule has 3 aromatic carbocycles. The van der Waals surface area contributed by atoms with Crippen molar-refractivity contribution in [1.82, 2.24) is 4.90 Å². The van der Waals surface area contributed by atoms with Gasteiger partial charge in [0.05, 0.1) is 13.2 Å². The minimum absolute atomic E-state index is 0.0283. The Morgan fingerprint density at radius 3 is 2.29 bits per heavy atom. The zero-order valence-electron chi connectivity index (χ0n) is 16.6. The van der Waals surface area contributed by atoms with E-state index in [1.165, 1.54) is 0 Å². The van der Waals surface area contributed by atoms with Crippen LogP contribution in [0.5, 0.6) is 5.75 Å². The normalized spacial score (nSPS) is 11.9. The molecule has 0 aliphatic heterocycles. The van der Waals surface area contributed by atoms with Gasteiger partial charge in [-0.2, -0.15) is 0 Å². The first kappa shape index (κ1) is 19.6. The van der Waals surface area contributed by atoms with Crippen LogP contribution < -0.4 is 10.1 Å². The summed E-state index contributed by atoms with van der Waals surface area (Å²) in [4.78, 5) is 14.9. The zero-order chi connectivity index (χ0) is 19.9. The number of nitrogens with zero attached hydrogens (tertiary/aromatic N) is 1. The predicted molar refractivity (Wildman–Crippen MR) is 114 cm³/mol. The summed E-state index contributed by atoms with van der Waals surface area (Å²) in [5.41, 5.74) is 4.05. The third-order valence-electron chi connectivity index (χ3n) is 4.90. The van der Waals surface area contributed by atoms with Crippen LogP contribution >= 0.6 is 0 Å². The molecule has 0 saturated carbocycles. The summed E-state index contributed by atoms with van der Waals surface area (Å²) in [6.45, 7) is 2.60. The van der Waals surface area contributed by atoms with Gasteiger partial charge in [-0.15, -0.1) is 0 Å². The van der Waals surface area contributed by atoms with Gasteiger partial charge in [0.25, 0.3) is 0 Å². The largest absolute Gasteiger partial charge is 0.497 e. The van der Waals surface area contributed by atoms with Crippen molar-refractivity contribution in [3.63, 3.8) is 0 Å². The van der Waals surface area contributed by atoms with Crippen LogP contribution in [0.1, 0.15) is 12.5 Å². The van der Waals surface area contributed by atoms with Gasteiger partial charge in [0.1, 0.15) is 5.75 Å². The SMILES string of the molecule is COc1ccc(CN(C)C(C)C(=O)Nc2ccccc2-c2ccccc2)cc1. The fourth-order valence-electron chi connectivity index (χ4n) is 3.05. The number of hydrogen-bond acceptors (Lipinski definition) is 3. The number of hydrogen-bond donors (Lipinski definition) is 1. The third kappa shape index (κ3) is 4.78. The van der Waals surface area contributed by atoms with Crippen molar-refractivity contribution in [3.05, 3.63) is 84.4 Å². The van der Waals surface area contributed by atoms with E-state index in [2.05, 4.69) is 5.32 Å². The van der Waals surface area contributed by atoms with E-state index in [-0.39, 0.29) is 11.9 Å². The maximum absolute atomic E-state index is 12.9. The van der Waals surface area contributed by atoms with Crippen molar-refractivity contribution in [2.75, 3.05) is 19.5 Å². The summed E-state index contributed by atoms with van der Waals surface area (Å²) in [6.07, 6.45) is 0. The van der Waals surface area contributed by atoms with Gasteiger partial charge in [-0.05, 0) is 43.3 Å². The molecule has 28 heavy (non-hydrogen) atoms. The molecule has 0 saturated heterocycles. The molecule has 1 unspecified atom stereocenters. The van der Waals surface area contributed by atoms with Crippen molar-refractivity contribution < 1.29 is 9.53 Å². The van der Waals surface area contributed by atoms with Crippen LogP contribution in [0.4, 0.5) is 5.69 Å². The smallest absolute Gasteiger partial charge is 0.241 e. The lowest BCUT2D eigenvalue weighted by molar-refractivity contribution is -0.120. The summed E-state index contributed by atoms with van der Waals surface area (Å²) < 4.78 is 5.20. The molecular formula is C24H26N2O2. The Morgan fingerprint density at radius 2 is 1.61 bits per heavy atom. The molecular weight excluding hydrogens is 348 g/mol. The lowest BCUT2D eigenvalue weighted by Crippen LogP contribution is -2.39. The van der Waals surface area contributed by atoms with Gasteiger partial charge in [0, 0.05) is 17.8 Å². The number of benzene rings is 3. The molecule has 3 rings (SSSR count). The van der Waals surface area contributed by atoms with Gasteiger partial charge < -0.3 is 10.1 Å². The molecule has 144 valence electrons. The van der Waals surface area contributed by atoms with Gasteiger partial charge in [0.15, 0.2) is 0 Å². The van der Waals surface area contributed by atoms with Crippen molar-refractivity contribution in [1.29, 1.82) is 0 Å². The predicted octanol–water partition coefficient (Wildman–Crippen LogP) is 4.82. The highest BCUT2D eigenvalue weighted by Crippen LogP contribution is 2.27. The molecule has 0 aromatic heterocycles. The Labute approximate surface area is 166 Å². The highest BCUT2D eigenvalue weighted by Gasteiger charge is 2.19. The zero-order valence-corrected chi connectivity index (χ0v) is 16.6. The van der Waals surface area contributed by atoms with E-state index in [1.54, 1.807) is 7.11 Å². The number of likely N-dealkylation sites (N-methyl/N-ethyl adjacent to an activating group) is 1. The number of amides is 1. The van der Waals surface area contributed by atoms with E-state index in [9.17, 15) is 4.79 Å². The molecule has 0 heterocycles. The van der Waals surface area contributed by atoms with E-state index in [1.807, 2.05) is 97.7 Å². The third-order valence-corrected chi connectivity index (χ3v) is 4.90. The van der Waals surface area contributed by atoms with Crippen LogP contribution in [0.15, 0.2) is 78.9 Å². The highest BCUT2D eigenvalue weighted by molar-refractivity contribution is 5.98. The Kier molecular flexibility index (Phi) is 6.45. The minimum atomic E-state index is -0.272. The maximum Gasteiger partial charge on any atom is 0.241 e. The Morgan fingerprint density at radius 1 is 0.964 bits per heavy atom. The molecule has 1 amide bonds. The fraction of sp³-hybridized carbons (Fsp3) is 0.208. The molecule has 0 aliphatic carbocycles. The summed E-state index contributed by atoms with van der Waals surface area (Å²) in [5.74, 6) is 0.800. The first-order valence-corrected chi connectivity index (χ1v) is 9.37. The highest BCUT2D eigenvalue weighted by atomic mass is 16.5. The second-order valence-electron chi connectivity index (χ2n) is 6.84. The number of carbonyl (C=O) groups excluding carboxylic acids is 1. The van der Waals surface area contributed by atoms with Crippen LogP contribution in [0.2, 0.25) is 0 Å². The van der Waals surface area contributed by atoms with E-state index in [0.717, 1.165) is 28.1 Å². The molecule has 0 fully saturated rings. The number of rotatable bonds is 7. The first-order valence-electron chi connectivity index (χ1n) is 9.37. The number of anilines is 1. The maximum atomic E-state index is 12.9. The van der Waals surface area contributed by atoms with Crippen LogP contribution in [0.3, 0.4) is 0 Å². The summed E-state index contributed by atoms with van der Waals surface area (Å²) in [6, 6.07) is 25.6. The monoisotopic (exact) mass is 374 g/mol. The lowest BCUT2D eigenvalue weighted by atomic mass is 10.0. The molecule has 0 aliphatic rings. The number of nitrogens with one attached hydrogen (secondary N) is 1. The van der Waals surface area contributed by atoms with E-state index in [0.29, 0.717) is 6.54 Å². The number of carbonyl (C=O) groups is 1. The molecule has 0 radical (unpaired) electrons. The van der Waals surface area contributed by atoms with Crippen molar-refractivity contribution in [2.24, 2.45) is 0 Å². The van der Waals surface area contributed by atoms with Crippen LogP contribution in [-0.2, 0) is 11.3 Å². The average molecular weight is 374 g/mol. The second kappa shape index (κ2) is 9.20. The van der Waals surface area contributed by atoms with Crippen LogP contribution in [0, 0.1) is 0 Å². The van der Waals surface area contributed by atoms with Gasteiger partial charge in [-0.3, -0.25) is 9.69 Å². The molecule has 1 N–H and O–H groups in total. The Hall–Kier alpha value is -3.11. The molecule has 0 spiro atoms. The molecule has 3 aromatic rings. The van der Waals surface area contributed by atoms with Crippen molar-refractivity contribution in [3.8, 4) is 16.9 Å². The standard InChI is InChI=1S/C24H26N2O2/c1-18(26(2)17-19-13-15-21(28-3)16-14-19)24(27)25-23-12-8-7-11-22(23)20-9-5-4-6-10-20/h4-16,18H,17H2,1-3H3,(H,25,27). The summed E-state index contributed by atoms with van der Waals surface area (Å²) in [7, 11) is 3.61. The number of para-hydroxylation sites is 1. The van der Waals surface area contributed by atoms with Crippen molar-refractivity contribution >= 4 is 11.6 Å². The fourth-order valence-corrected chi connectivity index (χ4v) is 3.05. The van der Waals surface area contributed by atoms with E-state index < -0.39 is 0 Å². The molecule has 0 bridgehead atoms. The Bertz CT molecular complexity index is 907. The van der Waals surface area contributed by atoms with E-state index in [4.69, 9.17) is 4.74 Å². The Balaban J connectivity index is 1.69. The van der Waals surface area contributed by atoms with Crippen LogP contribution in [-0.4, -0.2) is 31.0 Å². The van der Waals surface area contributed by atoms with Crippen molar-refractivity contribution in [2.45, 2.75) is 19.5 Å². The quantitative estimate of drug-likeness (QED) is 0.645. The van der Waals surface area contributed by atoms with Gasteiger partial charge in [0.2, 0.25) is 5.91 Å². The minimum Gasteiger partial charge on any atom is -0.497 e. The van der Waals surface area contributed by atoms with Gasteiger partial charge >= 0.3 is 0 Å². The first-order chi connectivity index (χ1) is 13.6. The van der Waals surface area contributed by atoms with E-state index >= 15 is 0 Å². The number of ether oxygens (including phenoxy) is 1. The molecule has 4 heteroatoms. The van der Waals surface area contributed by atoms with Gasteiger partial charge in [-0.25, -0.2) is 0 Å². The summed E-state index contributed by atoms with van der Waals surface area (Å²) in [5, 5.41) is 3.09. The number of methoxy groups -OCH3 is 1. The topological polar surface area (TPSA) is 41.6 Å². The van der Waals surface area contributed by atoms with Gasteiger partial charge in [-0.1, -0.05) is 60.7 Å². The molecule has 1 atom stereocenters. The lowest BCUT2D eigenvalue weighted by Gasteiger charge is -2.24. The van der Waals surface area contributed by atoms with Crippen LogP contribution in [0.25, 0.3) is 11.1 Å². The second-order valence-corrected chi connectivity index (χ2v) is 6.84. The summed E-state index contributed by atoms with van der Waals surface area (Å²) >= 11 is 0. The molecule has 4 nitrogen and oxygen atoms in total.